The van der Waals surface area contributed by atoms with Crippen LogP contribution in [0.2, 0.25) is 0 Å². The highest BCUT2D eigenvalue weighted by molar-refractivity contribution is 5.94. The van der Waals surface area contributed by atoms with Crippen LogP contribution in [0.4, 0.5) is 0 Å². The van der Waals surface area contributed by atoms with Crippen molar-refractivity contribution in [3.63, 3.8) is 0 Å². The SMILES string of the molecule is CC1OCCC1(C)NC(=O)c1ccc(=O)[nH]c1. The Balaban J connectivity index is 2.11. The summed E-state index contributed by atoms with van der Waals surface area (Å²) in [6.45, 7) is 4.57. The number of rotatable bonds is 2. The van der Waals surface area contributed by atoms with Gasteiger partial charge in [-0.05, 0) is 26.3 Å². The van der Waals surface area contributed by atoms with Crippen LogP contribution in [0, 0.1) is 0 Å². The minimum Gasteiger partial charge on any atom is -0.376 e. The van der Waals surface area contributed by atoms with Crippen molar-refractivity contribution in [2.45, 2.75) is 31.9 Å². The first-order chi connectivity index (χ1) is 8.01. The van der Waals surface area contributed by atoms with Crippen LogP contribution in [0.3, 0.4) is 0 Å². The van der Waals surface area contributed by atoms with Crippen LogP contribution in [-0.2, 0) is 4.74 Å². The van der Waals surface area contributed by atoms with Crippen molar-refractivity contribution in [1.29, 1.82) is 0 Å². The molecule has 1 amide bonds. The van der Waals surface area contributed by atoms with E-state index in [2.05, 4.69) is 10.3 Å². The van der Waals surface area contributed by atoms with Gasteiger partial charge >= 0.3 is 0 Å². The lowest BCUT2D eigenvalue weighted by Crippen LogP contribution is -2.50. The first-order valence-electron chi connectivity index (χ1n) is 5.64. The zero-order valence-electron chi connectivity index (χ0n) is 9.95. The van der Waals surface area contributed by atoms with E-state index in [1.165, 1.54) is 18.3 Å². The number of amides is 1. The topological polar surface area (TPSA) is 71.2 Å². The van der Waals surface area contributed by atoms with Crippen LogP contribution in [-0.4, -0.2) is 29.1 Å². The zero-order valence-corrected chi connectivity index (χ0v) is 9.95. The highest BCUT2D eigenvalue weighted by atomic mass is 16.5. The fraction of sp³-hybridized carbons (Fsp3) is 0.500. The number of aromatic amines is 1. The lowest BCUT2D eigenvalue weighted by molar-refractivity contribution is 0.0727. The molecule has 1 aliphatic heterocycles. The van der Waals surface area contributed by atoms with Crippen LogP contribution in [0.1, 0.15) is 30.6 Å². The van der Waals surface area contributed by atoms with Crippen molar-refractivity contribution in [1.82, 2.24) is 10.3 Å². The van der Waals surface area contributed by atoms with E-state index < -0.39 is 0 Å². The summed E-state index contributed by atoms with van der Waals surface area (Å²) in [6.07, 6.45) is 2.21. The van der Waals surface area contributed by atoms with Crippen molar-refractivity contribution in [3.05, 3.63) is 34.2 Å². The summed E-state index contributed by atoms with van der Waals surface area (Å²) >= 11 is 0. The predicted octanol–water partition coefficient (Wildman–Crippen LogP) is 0.672. The molecule has 17 heavy (non-hydrogen) atoms. The van der Waals surface area contributed by atoms with Gasteiger partial charge in [0.05, 0.1) is 17.2 Å². The highest BCUT2D eigenvalue weighted by Gasteiger charge is 2.38. The summed E-state index contributed by atoms with van der Waals surface area (Å²) in [6, 6.07) is 2.85. The molecule has 92 valence electrons. The average molecular weight is 236 g/mol. The van der Waals surface area contributed by atoms with E-state index >= 15 is 0 Å². The summed E-state index contributed by atoms with van der Waals surface area (Å²) < 4.78 is 5.45. The zero-order chi connectivity index (χ0) is 12.5. The lowest BCUT2D eigenvalue weighted by Gasteiger charge is -2.28. The number of nitrogens with one attached hydrogen (secondary N) is 2. The van der Waals surface area contributed by atoms with Gasteiger partial charge in [-0.3, -0.25) is 9.59 Å². The third-order valence-corrected chi connectivity index (χ3v) is 3.33. The van der Waals surface area contributed by atoms with Gasteiger partial charge in [-0.1, -0.05) is 0 Å². The van der Waals surface area contributed by atoms with Gasteiger partial charge in [0.25, 0.3) is 5.91 Å². The molecule has 5 heteroatoms. The third kappa shape index (κ3) is 2.39. The molecule has 2 N–H and O–H groups in total. The minimum atomic E-state index is -0.340. The first-order valence-corrected chi connectivity index (χ1v) is 5.64. The molecule has 2 atom stereocenters. The molecule has 0 spiro atoms. The third-order valence-electron chi connectivity index (χ3n) is 3.33. The fourth-order valence-electron chi connectivity index (χ4n) is 1.88. The Morgan fingerprint density at radius 2 is 2.35 bits per heavy atom. The monoisotopic (exact) mass is 236 g/mol. The van der Waals surface area contributed by atoms with Gasteiger partial charge in [-0.25, -0.2) is 0 Å². The van der Waals surface area contributed by atoms with E-state index in [9.17, 15) is 9.59 Å². The Bertz CT molecular complexity index is 462. The summed E-state index contributed by atoms with van der Waals surface area (Å²) in [5.41, 5.74) is -0.108. The normalized spacial score (nSPS) is 28.0. The van der Waals surface area contributed by atoms with E-state index in [4.69, 9.17) is 4.74 Å². The molecule has 0 aliphatic carbocycles. The van der Waals surface area contributed by atoms with Gasteiger partial charge in [0.2, 0.25) is 5.56 Å². The van der Waals surface area contributed by atoms with Gasteiger partial charge in [-0.15, -0.1) is 0 Å². The number of carbonyl (C=O) groups excluding carboxylic acids is 1. The molecule has 1 aromatic heterocycles. The molecule has 0 saturated carbocycles. The molecule has 2 unspecified atom stereocenters. The quantitative estimate of drug-likeness (QED) is 0.793. The minimum absolute atomic E-state index is 0.00536. The first kappa shape index (κ1) is 11.9. The molecule has 0 radical (unpaired) electrons. The summed E-state index contributed by atoms with van der Waals surface area (Å²) in [5, 5.41) is 2.95. The molecule has 2 heterocycles. The number of pyridine rings is 1. The Kier molecular flexibility index (Phi) is 3.02. The van der Waals surface area contributed by atoms with Crippen LogP contribution in [0.25, 0.3) is 0 Å². The molecule has 5 nitrogen and oxygen atoms in total. The Hall–Kier alpha value is -1.62. The molecular weight excluding hydrogens is 220 g/mol. The van der Waals surface area contributed by atoms with Gasteiger partial charge in [0, 0.05) is 18.9 Å². The molecule has 0 aromatic carbocycles. The van der Waals surface area contributed by atoms with Crippen molar-refractivity contribution in [3.8, 4) is 0 Å². The second kappa shape index (κ2) is 4.33. The maximum absolute atomic E-state index is 12.0. The lowest BCUT2D eigenvalue weighted by atomic mass is 9.94. The molecule has 1 fully saturated rings. The highest BCUT2D eigenvalue weighted by Crippen LogP contribution is 2.25. The molecular formula is C12H16N2O3. The number of H-pyrrole nitrogens is 1. The van der Waals surface area contributed by atoms with Gasteiger partial charge in [0.15, 0.2) is 0 Å². The maximum atomic E-state index is 12.0. The van der Waals surface area contributed by atoms with Crippen LogP contribution in [0.15, 0.2) is 23.1 Å². The summed E-state index contributed by atoms with van der Waals surface area (Å²) in [5.74, 6) is -0.193. The van der Waals surface area contributed by atoms with Gasteiger partial charge < -0.3 is 15.0 Å². The van der Waals surface area contributed by atoms with E-state index in [-0.39, 0.29) is 23.1 Å². The fourth-order valence-corrected chi connectivity index (χ4v) is 1.88. The number of hydrogen-bond acceptors (Lipinski definition) is 3. The smallest absolute Gasteiger partial charge is 0.253 e. The van der Waals surface area contributed by atoms with Crippen molar-refractivity contribution < 1.29 is 9.53 Å². The molecule has 1 aromatic rings. The second-order valence-corrected chi connectivity index (χ2v) is 4.58. The van der Waals surface area contributed by atoms with Gasteiger partial charge in [0.1, 0.15) is 0 Å². The second-order valence-electron chi connectivity index (χ2n) is 4.58. The Labute approximate surface area is 99.2 Å². The van der Waals surface area contributed by atoms with E-state index in [0.29, 0.717) is 12.2 Å². The van der Waals surface area contributed by atoms with E-state index in [1.807, 2.05) is 13.8 Å². The number of carbonyl (C=O) groups is 1. The van der Waals surface area contributed by atoms with Crippen LogP contribution >= 0.6 is 0 Å². The summed E-state index contributed by atoms with van der Waals surface area (Å²) in [7, 11) is 0. The van der Waals surface area contributed by atoms with Crippen molar-refractivity contribution in [2.75, 3.05) is 6.61 Å². The number of ether oxygens (including phenoxy) is 1. The molecule has 2 rings (SSSR count). The average Bonchev–Trinajstić information content (AvgIpc) is 2.60. The largest absolute Gasteiger partial charge is 0.376 e. The maximum Gasteiger partial charge on any atom is 0.253 e. The molecule has 1 aliphatic rings. The van der Waals surface area contributed by atoms with Crippen LogP contribution in [0.5, 0.6) is 0 Å². The number of hydrogen-bond donors (Lipinski definition) is 2. The van der Waals surface area contributed by atoms with E-state index in [1.54, 1.807) is 0 Å². The number of aromatic nitrogens is 1. The van der Waals surface area contributed by atoms with Crippen LogP contribution < -0.4 is 10.9 Å². The predicted molar refractivity (Wildman–Crippen MR) is 63.0 cm³/mol. The van der Waals surface area contributed by atoms with Crippen molar-refractivity contribution in [2.24, 2.45) is 0 Å². The van der Waals surface area contributed by atoms with Crippen molar-refractivity contribution >= 4 is 5.91 Å². The van der Waals surface area contributed by atoms with E-state index in [0.717, 1.165) is 6.42 Å². The Morgan fingerprint density at radius 3 is 2.88 bits per heavy atom. The molecule has 1 saturated heterocycles. The Morgan fingerprint density at radius 1 is 1.59 bits per heavy atom. The van der Waals surface area contributed by atoms with Gasteiger partial charge in [-0.2, -0.15) is 0 Å². The summed E-state index contributed by atoms with van der Waals surface area (Å²) in [4.78, 5) is 25.4. The standard InChI is InChI=1S/C12H16N2O3/c1-8-12(2,5-6-17-8)14-11(16)9-3-4-10(15)13-7-9/h3-4,7-8H,5-6H2,1-2H3,(H,13,15)(H,14,16). The molecule has 0 bridgehead atoms.